The maximum Gasteiger partial charge on any atom is 0.123 e. The van der Waals surface area contributed by atoms with Crippen LogP contribution in [-0.2, 0) is 17.9 Å². The van der Waals surface area contributed by atoms with Crippen LogP contribution < -0.4 is 5.32 Å². The number of rotatable bonds is 5. The van der Waals surface area contributed by atoms with Crippen LogP contribution in [0.4, 0.5) is 0 Å². The van der Waals surface area contributed by atoms with E-state index in [2.05, 4.69) is 33.0 Å². The summed E-state index contributed by atoms with van der Waals surface area (Å²) in [6.45, 7) is 10.6. The van der Waals surface area contributed by atoms with Gasteiger partial charge in [-0.2, -0.15) is 0 Å². The van der Waals surface area contributed by atoms with Crippen LogP contribution in [0, 0.1) is 0 Å². The van der Waals surface area contributed by atoms with Crippen LogP contribution >= 0.6 is 0 Å². The number of hydrogen-bond donors (Lipinski definition) is 1. The molecular weight excluding hydrogens is 190 g/mol. The number of furan rings is 1. The minimum absolute atomic E-state index is 0.104. The molecule has 1 rings (SSSR count). The largest absolute Gasteiger partial charge is 0.468 e. The minimum atomic E-state index is -0.104. The molecule has 0 spiro atoms. The smallest absolute Gasteiger partial charge is 0.123 e. The summed E-state index contributed by atoms with van der Waals surface area (Å²) in [6, 6.07) is 1.97. The molecule has 3 heteroatoms. The normalized spacial score (nSPS) is 12.0. The highest BCUT2D eigenvalue weighted by Crippen LogP contribution is 2.16. The van der Waals surface area contributed by atoms with E-state index in [-0.39, 0.29) is 5.60 Å². The summed E-state index contributed by atoms with van der Waals surface area (Å²) in [5.41, 5.74) is 1.03. The van der Waals surface area contributed by atoms with E-state index in [0.717, 1.165) is 24.4 Å². The van der Waals surface area contributed by atoms with Crippen molar-refractivity contribution in [3.05, 3.63) is 23.7 Å². The lowest BCUT2D eigenvalue weighted by molar-refractivity contribution is -0.0155. The summed E-state index contributed by atoms with van der Waals surface area (Å²) in [4.78, 5) is 0. The predicted octanol–water partition coefficient (Wildman–Crippen LogP) is 2.70. The van der Waals surface area contributed by atoms with Gasteiger partial charge in [0.25, 0.3) is 0 Å². The standard InChI is InChI=1S/C12H21NO2/c1-5-13-8-11-10(6-7-14-11)9-15-12(2,3)4/h6-7,13H,5,8-9H2,1-4H3. The zero-order chi connectivity index (χ0) is 11.3. The monoisotopic (exact) mass is 211 g/mol. The Balaban J connectivity index is 2.50. The fourth-order valence-corrected chi connectivity index (χ4v) is 1.18. The van der Waals surface area contributed by atoms with Gasteiger partial charge in [0.05, 0.1) is 25.0 Å². The van der Waals surface area contributed by atoms with Crippen molar-refractivity contribution in [2.75, 3.05) is 6.54 Å². The van der Waals surface area contributed by atoms with Gasteiger partial charge in [-0.3, -0.25) is 0 Å². The van der Waals surface area contributed by atoms with Gasteiger partial charge in [-0.05, 0) is 33.4 Å². The molecule has 0 aliphatic rings. The Morgan fingerprint density at radius 2 is 2.13 bits per heavy atom. The van der Waals surface area contributed by atoms with E-state index in [0.29, 0.717) is 6.61 Å². The Kier molecular flexibility index (Phi) is 4.36. The molecule has 1 heterocycles. The summed E-state index contributed by atoms with van der Waals surface area (Å²) < 4.78 is 11.1. The molecule has 0 radical (unpaired) electrons. The molecule has 15 heavy (non-hydrogen) atoms. The van der Waals surface area contributed by atoms with E-state index < -0.39 is 0 Å². The highest BCUT2D eigenvalue weighted by molar-refractivity contribution is 5.15. The van der Waals surface area contributed by atoms with Crippen LogP contribution in [0.1, 0.15) is 39.0 Å². The van der Waals surface area contributed by atoms with Crippen molar-refractivity contribution in [2.24, 2.45) is 0 Å². The Morgan fingerprint density at radius 3 is 2.73 bits per heavy atom. The molecule has 0 saturated heterocycles. The van der Waals surface area contributed by atoms with Gasteiger partial charge in [-0.25, -0.2) is 0 Å². The quantitative estimate of drug-likeness (QED) is 0.813. The Hall–Kier alpha value is -0.800. The second kappa shape index (κ2) is 5.33. The molecule has 0 amide bonds. The SMILES string of the molecule is CCNCc1occc1COC(C)(C)C. The molecule has 3 nitrogen and oxygen atoms in total. The van der Waals surface area contributed by atoms with Crippen molar-refractivity contribution in [3.63, 3.8) is 0 Å². The molecule has 0 aliphatic carbocycles. The van der Waals surface area contributed by atoms with Gasteiger partial charge in [0.15, 0.2) is 0 Å². The highest BCUT2D eigenvalue weighted by Gasteiger charge is 2.13. The maximum atomic E-state index is 5.71. The summed E-state index contributed by atoms with van der Waals surface area (Å²) >= 11 is 0. The van der Waals surface area contributed by atoms with Gasteiger partial charge < -0.3 is 14.5 Å². The predicted molar refractivity (Wildman–Crippen MR) is 60.6 cm³/mol. The highest BCUT2D eigenvalue weighted by atomic mass is 16.5. The van der Waals surface area contributed by atoms with Crippen molar-refractivity contribution in [3.8, 4) is 0 Å². The zero-order valence-electron chi connectivity index (χ0n) is 10.1. The maximum absolute atomic E-state index is 5.71. The molecule has 0 bridgehead atoms. The first kappa shape index (κ1) is 12.3. The summed E-state index contributed by atoms with van der Waals surface area (Å²) in [7, 11) is 0. The van der Waals surface area contributed by atoms with Crippen LogP contribution in [0.3, 0.4) is 0 Å². The average Bonchev–Trinajstić information content (AvgIpc) is 2.57. The first-order valence-electron chi connectivity index (χ1n) is 5.43. The van der Waals surface area contributed by atoms with Crippen LogP contribution in [0.2, 0.25) is 0 Å². The Bertz CT molecular complexity index is 286. The third-order valence-electron chi connectivity index (χ3n) is 2.03. The van der Waals surface area contributed by atoms with Crippen molar-refractivity contribution < 1.29 is 9.15 Å². The number of ether oxygens (including phenoxy) is 1. The van der Waals surface area contributed by atoms with Crippen molar-refractivity contribution in [1.82, 2.24) is 5.32 Å². The van der Waals surface area contributed by atoms with Crippen LogP contribution in [0.25, 0.3) is 0 Å². The fraction of sp³-hybridized carbons (Fsp3) is 0.667. The van der Waals surface area contributed by atoms with Gasteiger partial charge in [0, 0.05) is 5.56 Å². The van der Waals surface area contributed by atoms with E-state index in [1.54, 1.807) is 6.26 Å². The summed E-state index contributed by atoms with van der Waals surface area (Å²) in [6.07, 6.45) is 1.72. The van der Waals surface area contributed by atoms with Crippen LogP contribution in [-0.4, -0.2) is 12.1 Å². The Morgan fingerprint density at radius 1 is 1.40 bits per heavy atom. The molecule has 0 fully saturated rings. The van der Waals surface area contributed by atoms with Gasteiger partial charge in [0.1, 0.15) is 5.76 Å². The number of hydrogen-bond acceptors (Lipinski definition) is 3. The molecule has 0 saturated carbocycles. The molecule has 86 valence electrons. The zero-order valence-corrected chi connectivity index (χ0v) is 10.1. The summed E-state index contributed by atoms with van der Waals surface area (Å²) in [5.74, 6) is 0.973. The Labute approximate surface area is 91.8 Å². The van der Waals surface area contributed by atoms with Gasteiger partial charge in [-0.1, -0.05) is 6.92 Å². The van der Waals surface area contributed by atoms with Crippen molar-refractivity contribution in [1.29, 1.82) is 0 Å². The van der Waals surface area contributed by atoms with Gasteiger partial charge in [-0.15, -0.1) is 0 Å². The van der Waals surface area contributed by atoms with Gasteiger partial charge in [0.2, 0.25) is 0 Å². The van der Waals surface area contributed by atoms with Crippen molar-refractivity contribution in [2.45, 2.75) is 46.4 Å². The average molecular weight is 211 g/mol. The van der Waals surface area contributed by atoms with E-state index in [1.165, 1.54) is 0 Å². The molecule has 0 aliphatic heterocycles. The van der Waals surface area contributed by atoms with Crippen molar-refractivity contribution >= 4 is 0 Å². The van der Waals surface area contributed by atoms with Gasteiger partial charge >= 0.3 is 0 Å². The van der Waals surface area contributed by atoms with E-state index >= 15 is 0 Å². The molecule has 1 N–H and O–H groups in total. The van der Waals surface area contributed by atoms with Crippen LogP contribution in [0.5, 0.6) is 0 Å². The summed E-state index contributed by atoms with van der Waals surface area (Å²) in [5, 5.41) is 3.24. The second-order valence-corrected chi connectivity index (χ2v) is 4.55. The molecular formula is C12H21NO2. The fourth-order valence-electron chi connectivity index (χ4n) is 1.18. The third-order valence-corrected chi connectivity index (χ3v) is 2.03. The third kappa shape index (κ3) is 4.49. The molecule has 0 atom stereocenters. The lowest BCUT2D eigenvalue weighted by Gasteiger charge is -2.19. The second-order valence-electron chi connectivity index (χ2n) is 4.55. The molecule has 1 aromatic heterocycles. The molecule has 0 unspecified atom stereocenters. The minimum Gasteiger partial charge on any atom is -0.468 e. The lowest BCUT2D eigenvalue weighted by atomic mass is 10.2. The molecule has 0 aromatic carbocycles. The number of nitrogens with one attached hydrogen (secondary N) is 1. The van der Waals surface area contributed by atoms with E-state index in [4.69, 9.17) is 9.15 Å². The first-order valence-corrected chi connectivity index (χ1v) is 5.43. The van der Waals surface area contributed by atoms with E-state index in [1.807, 2.05) is 6.07 Å². The lowest BCUT2D eigenvalue weighted by Crippen LogP contribution is -2.19. The molecule has 1 aromatic rings. The first-order chi connectivity index (χ1) is 7.03. The van der Waals surface area contributed by atoms with Crippen LogP contribution in [0.15, 0.2) is 16.7 Å². The topological polar surface area (TPSA) is 34.4 Å². The van der Waals surface area contributed by atoms with E-state index in [9.17, 15) is 0 Å².